The van der Waals surface area contributed by atoms with Crippen molar-refractivity contribution in [3.63, 3.8) is 0 Å². The molecule has 0 aliphatic heterocycles. The summed E-state index contributed by atoms with van der Waals surface area (Å²) in [5.41, 5.74) is 5.71. The van der Waals surface area contributed by atoms with Crippen molar-refractivity contribution in [2.45, 2.75) is 25.8 Å². The average molecular weight is 277 g/mol. The van der Waals surface area contributed by atoms with Gasteiger partial charge in [0.1, 0.15) is 11.6 Å². The molecule has 1 atom stereocenters. The summed E-state index contributed by atoms with van der Waals surface area (Å²) in [5.74, 6) is -0.424. The molecule has 0 radical (unpaired) electrons. The van der Waals surface area contributed by atoms with Crippen LogP contribution in [-0.2, 0) is 4.79 Å². The molecule has 6 heteroatoms. The molecule has 1 aromatic carbocycles. The first-order chi connectivity index (χ1) is 8.08. The predicted molar refractivity (Wildman–Crippen MR) is 71.7 cm³/mol. The number of halogens is 2. The topological polar surface area (TPSA) is 64.4 Å². The molecule has 0 aliphatic rings. The molecule has 0 aliphatic carbocycles. The standard InChI is InChI=1S/C12H17FN2O2.ClH/c1-3-4-10(14)12(16)15-11-7-8(17-2)5-6-9(11)13;/h5-7,10H,3-4,14H2,1-2H3,(H,15,16);1H. The van der Waals surface area contributed by atoms with Crippen molar-refractivity contribution in [2.24, 2.45) is 5.73 Å². The summed E-state index contributed by atoms with van der Waals surface area (Å²) in [6.07, 6.45) is 1.37. The highest BCUT2D eigenvalue weighted by Gasteiger charge is 2.14. The predicted octanol–water partition coefficient (Wildman–Crippen LogP) is 2.32. The molecule has 0 spiro atoms. The highest BCUT2D eigenvalue weighted by molar-refractivity contribution is 5.94. The van der Waals surface area contributed by atoms with E-state index < -0.39 is 11.9 Å². The maximum Gasteiger partial charge on any atom is 0.241 e. The van der Waals surface area contributed by atoms with E-state index >= 15 is 0 Å². The molecule has 1 amide bonds. The zero-order valence-corrected chi connectivity index (χ0v) is 11.2. The van der Waals surface area contributed by atoms with Crippen molar-refractivity contribution >= 4 is 24.0 Å². The minimum atomic E-state index is -0.620. The summed E-state index contributed by atoms with van der Waals surface area (Å²) in [6, 6.07) is 3.52. The van der Waals surface area contributed by atoms with Gasteiger partial charge in [0.25, 0.3) is 0 Å². The van der Waals surface area contributed by atoms with E-state index in [0.29, 0.717) is 12.2 Å². The quantitative estimate of drug-likeness (QED) is 0.867. The molecule has 0 fully saturated rings. The Hall–Kier alpha value is -1.33. The summed E-state index contributed by atoms with van der Waals surface area (Å²) < 4.78 is 18.4. The van der Waals surface area contributed by atoms with Gasteiger partial charge in [0, 0.05) is 6.07 Å². The van der Waals surface area contributed by atoms with Crippen molar-refractivity contribution < 1.29 is 13.9 Å². The van der Waals surface area contributed by atoms with Gasteiger partial charge in [-0.3, -0.25) is 4.79 Å². The van der Waals surface area contributed by atoms with Crippen LogP contribution in [0.25, 0.3) is 0 Å². The largest absolute Gasteiger partial charge is 0.497 e. The van der Waals surface area contributed by atoms with Gasteiger partial charge in [0.15, 0.2) is 0 Å². The van der Waals surface area contributed by atoms with Gasteiger partial charge < -0.3 is 15.8 Å². The lowest BCUT2D eigenvalue weighted by atomic mass is 10.1. The van der Waals surface area contributed by atoms with Crippen molar-refractivity contribution in [1.82, 2.24) is 0 Å². The van der Waals surface area contributed by atoms with Crippen LogP contribution in [0.3, 0.4) is 0 Å². The average Bonchev–Trinajstić information content (AvgIpc) is 2.32. The lowest BCUT2D eigenvalue weighted by Gasteiger charge is -2.12. The van der Waals surface area contributed by atoms with E-state index in [4.69, 9.17) is 10.5 Å². The van der Waals surface area contributed by atoms with Crippen molar-refractivity contribution in [2.75, 3.05) is 12.4 Å². The molecule has 1 rings (SSSR count). The Labute approximate surface area is 112 Å². The van der Waals surface area contributed by atoms with Crippen molar-refractivity contribution in [3.8, 4) is 5.75 Å². The number of nitrogens with two attached hydrogens (primary N) is 1. The highest BCUT2D eigenvalue weighted by atomic mass is 35.5. The normalized spacial score (nSPS) is 11.3. The molecule has 0 bridgehead atoms. The first-order valence-corrected chi connectivity index (χ1v) is 5.48. The number of hydrogen-bond acceptors (Lipinski definition) is 3. The Balaban J connectivity index is 0.00000289. The van der Waals surface area contributed by atoms with Crippen LogP contribution in [0.15, 0.2) is 18.2 Å². The maximum absolute atomic E-state index is 13.4. The van der Waals surface area contributed by atoms with Gasteiger partial charge in [-0.25, -0.2) is 4.39 Å². The van der Waals surface area contributed by atoms with E-state index in [2.05, 4.69) is 5.32 Å². The number of methoxy groups -OCH3 is 1. The van der Waals surface area contributed by atoms with Crippen LogP contribution in [0.1, 0.15) is 19.8 Å². The van der Waals surface area contributed by atoms with E-state index in [0.717, 1.165) is 6.42 Å². The molecular formula is C12H18ClFN2O2. The van der Waals surface area contributed by atoms with Crippen LogP contribution in [0.4, 0.5) is 10.1 Å². The van der Waals surface area contributed by atoms with Gasteiger partial charge in [-0.2, -0.15) is 0 Å². The van der Waals surface area contributed by atoms with Crippen LogP contribution in [0, 0.1) is 5.82 Å². The van der Waals surface area contributed by atoms with E-state index in [9.17, 15) is 9.18 Å². The number of nitrogens with one attached hydrogen (secondary N) is 1. The zero-order valence-electron chi connectivity index (χ0n) is 10.4. The minimum Gasteiger partial charge on any atom is -0.497 e. The monoisotopic (exact) mass is 276 g/mol. The van der Waals surface area contributed by atoms with Crippen LogP contribution in [0.5, 0.6) is 5.75 Å². The Kier molecular flexibility index (Phi) is 7.31. The Morgan fingerprint density at radius 1 is 1.56 bits per heavy atom. The lowest BCUT2D eigenvalue weighted by Crippen LogP contribution is -2.35. The second kappa shape index (κ2) is 7.89. The molecule has 1 aromatic rings. The molecule has 3 N–H and O–H groups in total. The van der Waals surface area contributed by atoms with E-state index in [1.807, 2.05) is 6.92 Å². The molecule has 0 aromatic heterocycles. The maximum atomic E-state index is 13.4. The van der Waals surface area contributed by atoms with Crippen molar-refractivity contribution in [1.29, 1.82) is 0 Å². The van der Waals surface area contributed by atoms with Crippen LogP contribution in [-0.4, -0.2) is 19.1 Å². The summed E-state index contributed by atoms with van der Waals surface area (Å²) in [7, 11) is 1.47. The summed E-state index contributed by atoms with van der Waals surface area (Å²) in [4.78, 5) is 11.6. The van der Waals surface area contributed by atoms with E-state index in [-0.39, 0.29) is 24.0 Å². The highest BCUT2D eigenvalue weighted by Crippen LogP contribution is 2.21. The zero-order chi connectivity index (χ0) is 12.8. The second-order valence-electron chi connectivity index (χ2n) is 3.73. The lowest BCUT2D eigenvalue weighted by molar-refractivity contribution is -0.117. The molecule has 102 valence electrons. The van der Waals surface area contributed by atoms with Gasteiger partial charge in [-0.1, -0.05) is 13.3 Å². The fourth-order valence-electron chi connectivity index (χ4n) is 1.39. The number of rotatable bonds is 5. The van der Waals surface area contributed by atoms with Gasteiger partial charge in [0.05, 0.1) is 18.8 Å². The summed E-state index contributed by atoms with van der Waals surface area (Å²) in [6.45, 7) is 1.93. The number of ether oxygens (including phenoxy) is 1. The van der Waals surface area contributed by atoms with Gasteiger partial charge in [-0.15, -0.1) is 12.4 Å². The van der Waals surface area contributed by atoms with Crippen LogP contribution < -0.4 is 15.8 Å². The van der Waals surface area contributed by atoms with Crippen LogP contribution >= 0.6 is 12.4 Å². The van der Waals surface area contributed by atoms with Crippen molar-refractivity contribution in [3.05, 3.63) is 24.0 Å². The molecular weight excluding hydrogens is 259 g/mol. The number of benzene rings is 1. The smallest absolute Gasteiger partial charge is 0.241 e. The minimum absolute atomic E-state index is 0. The third-order valence-corrected chi connectivity index (χ3v) is 2.37. The SMILES string of the molecule is CCCC(N)C(=O)Nc1cc(OC)ccc1F.Cl. The summed E-state index contributed by atoms with van der Waals surface area (Å²) in [5, 5.41) is 2.45. The Morgan fingerprint density at radius 2 is 2.22 bits per heavy atom. The fourth-order valence-corrected chi connectivity index (χ4v) is 1.39. The third kappa shape index (κ3) is 4.50. The van der Waals surface area contributed by atoms with E-state index in [1.165, 1.54) is 25.3 Å². The second-order valence-corrected chi connectivity index (χ2v) is 3.73. The van der Waals surface area contributed by atoms with Gasteiger partial charge in [-0.05, 0) is 18.6 Å². The fraction of sp³-hybridized carbons (Fsp3) is 0.417. The third-order valence-electron chi connectivity index (χ3n) is 2.37. The molecule has 18 heavy (non-hydrogen) atoms. The van der Waals surface area contributed by atoms with Gasteiger partial charge >= 0.3 is 0 Å². The van der Waals surface area contributed by atoms with Crippen LogP contribution in [0.2, 0.25) is 0 Å². The first-order valence-electron chi connectivity index (χ1n) is 5.48. The van der Waals surface area contributed by atoms with E-state index in [1.54, 1.807) is 0 Å². The Bertz CT molecular complexity index is 402. The molecule has 0 saturated carbocycles. The molecule has 4 nitrogen and oxygen atoms in total. The van der Waals surface area contributed by atoms with Gasteiger partial charge in [0.2, 0.25) is 5.91 Å². The molecule has 1 unspecified atom stereocenters. The molecule has 0 heterocycles. The first kappa shape index (κ1) is 16.7. The summed E-state index contributed by atoms with van der Waals surface area (Å²) >= 11 is 0. The number of carbonyl (C=O) groups is 1. The number of carbonyl (C=O) groups excluding carboxylic acids is 1. The molecule has 0 saturated heterocycles. The Morgan fingerprint density at radius 3 is 2.78 bits per heavy atom. The number of amides is 1. The number of anilines is 1. The number of hydrogen-bond donors (Lipinski definition) is 2.